The van der Waals surface area contributed by atoms with Gasteiger partial charge >= 0.3 is 5.63 Å². The average Bonchev–Trinajstić information content (AvgIpc) is 2.67. The molecule has 1 aromatic carbocycles. The molecule has 0 bridgehead atoms. The zero-order chi connectivity index (χ0) is 19.5. The van der Waals surface area contributed by atoms with E-state index in [0.29, 0.717) is 11.0 Å². The maximum absolute atomic E-state index is 12.4. The van der Waals surface area contributed by atoms with Gasteiger partial charge in [0.05, 0.1) is 0 Å². The highest BCUT2D eigenvalue weighted by Crippen LogP contribution is 2.46. The number of hydrogen-bond donors (Lipinski definition) is 0. The summed E-state index contributed by atoms with van der Waals surface area (Å²) < 4.78 is 12.3. The number of aryl methyl sites for hydroxylation is 1. The normalized spacial score (nSPS) is 26.8. The van der Waals surface area contributed by atoms with Gasteiger partial charge in [-0.05, 0) is 80.4 Å². The Hall–Kier alpha value is -2.03. The van der Waals surface area contributed by atoms with Crippen molar-refractivity contribution in [2.75, 3.05) is 0 Å². The molecule has 1 fully saturated rings. The van der Waals surface area contributed by atoms with Crippen LogP contribution in [0.15, 0.2) is 27.4 Å². The first-order chi connectivity index (χ1) is 13.3. The van der Waals surface area contributed by atoms with Gasteiger partial charge in [0.25, 0.3) is 0 Å². The SMILES string of the molecule is CC(C)(C)C1CCC2(C=Cc3cc4c5c(c(=O)oc4cc3O2)CCCC5)CC1. The number of hydrogen-bond acceptors (Lipinski definition) is 3. The molecule has 0 radical (unpaired) electrons. The highest BCUT2D eigenvalue weighted by atomic mass is 16.5. The van der Waals surface area contributed by atoms with Crippen molar-refractivity contribution in [3.63, 3.8) is 0 Å². The van der Waals surface area contributed by atoms with Crippen LogP contribution in [0.25, 0.3) is 17.0 Å². The van der Waals surface area contributed by atoms with Gasteiger partial charge in [-0.3, -0.25) is 0 Å². The van der Waals surface area contributed by atoms with Crippen molar-refractivity contribution in [3.05, 3.63) is 45.3 Å². The van der Waals surface area contributed by atoms with Crippen LogP contribution in [0.1, 0.15) is 76.0 Å². The Kier molecular flexibility index (Phi) is 4.01. The van der Waals surface area contributed by atoms with Crippen LogP contribution in [0.5, 0.6) is 5.75 Å². The molecule has 1 saturated carbocycles. The van der Waals surface area contributed by atoms with E-state index in [4.69, 9.17) is 9.15 Å². The van der Waals surface area contributed by atoms with Crippen LogP contribution >= 0.6 is 0 Å². The standard InChI is InChI=1S/C25H30O3/c1-24(2,3)17-9-12-25(13-10-17)11-8-16-14-20-18-6-4-5-7-19(18)23(26)27-22(20)15-21(16)28-25/h8,11,14-15,17H,4-7,9-10,12-13H2,1-3H3. The lowest BCUT2D eigenvalue weighted by molar-refractivity contribution is 0.0322. The number of rotatable bonds is 0. The summed E-state index contributed by atoms with van der Waals surface area (Å²) in [5, 5.41) is 1.09. The third-order valence-corrected chi connectivity index (χ3v) is 7.29. The first-order valence-corrected chi connectivity index (χ1v) is 10.9. The second kappa shape index (κ2) is 6.23. The second-order valence-electron chi connectivity index (χ2n) is 10.1. The lowest BCUT2D eigenvalue weighted by Crippen LogP contribution is -2.41. The first kappa shape index (κ1) is 18.0. The lowest BCUT2D eigenvalue weighted by Gasteiger charge is -2.44. The zero-order valence-corrected chi connectivity index (χ0v) is 17.3. The Bertz CT molecular complexity index is 1010. The molecule has 3 nitrogen and oxygen atoms in total. The van der Waals surface area contributed by atoms with Gasteiger partial charge in [0.2, 0.25) is 0 Å². The predicted octanol–water partition coefficient (Wildman–Crippen LogP) is 6.05. The van der Waals surface area contributed by atoms with Crippen molar-refractivity contribution >= 4 is 17.0 Å². The van der Waals surface area contributed by atoms with Crippen molar-refractivity contribution < 1.29 is 9.15 Å². The fourth-order valence-corrected chi connectivity index (χ4v) is 5.44. The summed E-state index contributed by atoms with van der Waals surface area (Å²) in [5.41, 5.74) is 3.87. The average molecular weight is 379 g/mol. The molecule has 0 unspecified atom stereocenters. The van der Waals surface area contributed by atoms with E-state index in [9.17, 15) is 4.79 Å². The maximum Gasteiger partial charge on any atom is 0.339 e. The van der Waals surface area contributed by atoms with Gasteiger partial charge in [-0.1, -0.05) is 26.8 Å². The smallest absolute Gasteiger partial charge is 0.339 e. The quantitative estimate of drug-likeness (QED) is 0.524. The molecule has 5 rings (SSSR count). The largest absolute Gasteiger partial charge is 0.482 e. The van der Waals surface area contributed by atoms with Crippen molar-refractivity contribution in [1.82, 2.24) is 0 Å². The van der Waals surface area contributed by atoms with E-state index in [-0.39, 0.29) is 11.2 Å². The Morgan fingerprint density at radius 2 is 1.75 bits per heavy atom. The van der Waals surface area contributed by atoms with E-state index in [1.807, 2.05) is 6.07 Å². The molecule has 0 N–H and O–H groups in total. The molecular weight excluding hydrogens is 348 g/mol. The van der Waals surface area contributed by atoms with E-state index in [0.717, 1.165) is 66.7 Å². The topological polar surface area (TPSA) is 39.4 Å². The summed E-state index contributed by atoms with van der Waals surface area (Å²) in [7, 11) is 0. The zero-order valence-electron chi connectivity index (χ0n) is 17.3. The van der Waals surface area contributed by atoms with Gasteiger partial charge in [-0.15, -0.1) is 0 Å². The lowest BCUT2D eigenvalue weighted by atomic mass is 9.68. The van der Waals surface area contributed by atoms with E-state index >= 15 is 0 Å². The molecule has 28 heavy (non-hydrogen) atoms. The van der Waals surface area contributed by atoms with Crippen LogP contribution in [-0.2, 0) is 12.8 Å². The molecule has 1 spiro atoms. The van der Waals surface area contributed by atoms with Crippen LogP contribution in [-0.4, -0.2) is 5.60 Å². The maximum atomic E-state index is 12.4. The predicted molar refractivity (Wildman–Crippen MR) is 113 cm³/mol. The summed E-state index contributed by atoms with van der Waals surface area (Å²) in [4.78, 5) is 12.4. The number of benzene rings is 1. The molecule has 0 saturated heterocycles. The summed E-state index contributed by atoms with van der Waals surface area (Å²) in [5.74, 6) is 1.61. The van der Waals surface area contributed by atoms with Gasteiger partial charge in [-0.25, -0.2) is 4.79 Å². The first-order valence-electron chi connectivity index (χ1n) is 10.9. The minimum absolute atomic E-state index is 0.158. The molecule has 3 heteroatoms. The van der Waals surface area contributed by atoms with Crippen LogP contribution in [0.4, 0.5) is 0 Å². The van der Waals surface area contributed by atoms with Gasteiger partial charge in [0.15, 0.2) is 0 Å². The fraction of sp³-hybridized carbons (Fsp3) is 0.560. The van der Waals surface area contributed by atoms with Crippen molar-refractivity contribution in [2.24, 2.45) is 11.3 Å². The van der Waals surface area contributed by atoms with Gasteiger partial charge in [0.1, 0.15) is 16.9 Å². The molecule has 3 aliphatic rings. The Labute approximate surface area is 166 Å². The molecule has 1 aromatic heterocycles. The Balaban J connectivity index is 1.50. The van der Waals surface area contributed by atoms with E-state index in [1.165, 1.54) is 18.4 Å². The Morgan fingerprint density at radius 1 is 1.04 bits per heavy atom. The number of ether oxygens (including phenoxy) is 1. The van der Waals surface area contributed by atoms with Crippen molar-refractivity contribution in [2.45, 2.75) is 77.7 Å². The van der Waals surface area contributed by atoms with Gasteiger partial charge in [-0.2, -0.15) is 0 Å². The number of fused-ring (bicyclic) bond motifs is 4. The van der Waals surface area contributed by atoms with E-state index in [2.05, 4.69) is 39.0 Å². The van der Waals surface area contributed by atoms with E-state index in [1.54, 1.807) is 0 Å². The van der Waals surface area contributed by atoms with Crippen LogP contribution in [0.2, 0.25) is 0 Å². The molecule has 0 atom stereocenters. The summed E-state index contributed by atoms with van der Waals surface area (Å²) >= 11 is 0. The molecule has 148 valence electrons. The highest BCUT2D eigenvalue weighted by molar-refractivity contribution is 5.87. The van der Waals surface area contributed by atoms with Crippen molar-refractivity contribution in [3.8, 4) is 5.75 Å². The van der Waals surface area contributed by atoms with Crippen LogP contribution in [0, 0.1) is 11.3 Å². The third-order valence-electron chi connectivity index (χ3n) is 7.29. The highest BCUT2D eigenvalue weighted by Gasteiger charge is 2.40. The minimum Gasteiger partial charge on any atom is -0.482 e. The second-order valence-corrected chi connectivity index (χ2v) is 10.1. The van der Waals surface area contributed by atoms with Crippen molar-refractivity contribution in [1.29, 1.82) is 0 Å². The third kappa shape index (κ3) is 2.91. The summed E-state index contributed by atoms with van der Waals surface area (Å²) in [6.45, 7) is 7.03. The molecule has 2 aromatic rings. The monoisotopic (exact) mass is 378 g/mol. The summed E-state index contributed by atoms with van der Waals surface area (Å²) in [6.07, 6.45) is 13.0. The molecular formula is C25H30O3. The fourth-order valence-electron chi connectivity index (χ4n) is 5.44. The molecule has 1 aliphatic heterocycles. The summed E-state index contributed by atoms with van der Waals surface area (Å²) in [6, 6.07) is 4.13. The van der Waals surface area contributed by atoms with Gasteiger partial charge in [0, 0.05) is 22.6 Å². The molecule has 0 amide bonds. The minimum atomic E-state index is -0.197. The van der Waals surface area contributed by atoms with Gasteiger partial charge < -0.3 is 9.15 Å². The molecule has 2 heterocycles. The molecule has 2 aliphatic carbocycles. The van der Waals surface area contributed by atoms with E-state index < -0.39 is 0 Å². The van der Waals surface area contributed by atoms with Crippen LogP contribution in [0.3, 0.4) is 0 Å². The van der Waals surface area contributed by atoms with Crippen LogP contribution < -0.4 is 10.4 Å². The Morgan fingerprint density at radius 3 is 2.46 bits per heavy atom.